The highest BCUT2D eigenvalue weighted by Gasteiger charge is 2.42. The Hall–Kier alpha value is -3.57. The van der Waals surface area contributed by atoms with Gasteiger partial charge in [-0.25, -0.2) is 13.5 Å². The Morgan fingerprint density at radius 2 is 1.38 bits per heavy atom. The third-order valence-electron chi connectivity index (χ3n) is 5.83. The number of aromatic nitrogens is 2. The molecule has 6 heteroatoms. The van der Waals surface area contributed by atoms with Crippen LogP contribution in [0.1, 0.15) is 49.1 Å². The zero-order valence-electron chi connectivity index (χ0n) is 17.4. The number of rotatable bonds is 4. The summed E-state index contributed by atoms with van der Waals surface area (Å²) in [4.78, 5) is 27.0. The Morgan fingerprint density at radius 1 is 0.781 bits per heavy atom. The van der Waals surface area contributed by atoms with Gasteiger partial charge in [-0.15, -0.1) is 0 Å². The van der Waals surface area contributed by atoms with Gasteiger partial charge in [0.15, 0.2) is 0 Å². The van der Waals surface area contributed by atoms with Gasteiger partial charge in [-0.1, -0.05) is 66.7 Å². The highest BCUT2D eigenvalue weighted by atomic mass is 35.5. The summed E-state index contributed by atoms with van der Waals surface area (Å²) in [6.45, 7) is 2.76. The molecule has 0 radical (unpaired) electrons. The summed E-state index contributed by atoms with van der Waals surface area (Å²) < 4.78 is 17.2. The molecular weight excluding hydrogens is 427 g/mol. The number of fused-ring (bicyclic) bond motifs is 2. The van der Waals surface area contributed by atoms with Gasteiger partial charge >= 0.3 is 0 Å². The molecule has 0 N–H and O–H groups in total. The first-order valence-electron chi connectivity index (χ1n) is 10.1. The third kappa shape index (κ3) is 3.55. The second-order valence-corrected chi connectivity index (χ2v) is 7.73. The lowest BCUT2D eigenvalue weighted by molar-refractivity contribution is -0.695. The molecular formula is C26H20ClFN2O2. The monoisotopic (exact) mass is 446 g/mol. The molecule has 0 bridgehead atoms. The van der Waals surface area contributed by atoms with Gasteiger partial charge in [0.05, 0.1) is 0 Å². The smallest absolute Gasteiger partial charge is 0.255 e. The van der Waals surface area contributed by atoms with Crippen molar-refractivity contribution in [2.75, 3.05) is 0 Å². The van der Waals surface area contributed by atoms with Crippen LogP contribution in [0.4, 0.5) is 4.39 Å². The minimum atomic E-state index is -0.311. The van der Waals surface area contributed by atoms with Crippen molar-refractivity contribution in [1.82, 2.24) is 4.57 Å². The van der Waals surface area contributed by atoms with Crippen LogP contribution >= 0.6 is 0 Å². The molecule has 4 aromatic rings. The van der Waals surface area contributed by atoms with Crippen molar-refractivity contribution >= 4 is 11.6 Å². The van der Waals surface area contributed by atoms with E-state index in [0.29, 0.717) is 35.6 Å². The lowest BCUT2D eigenvalue weighted by Crippen LogP contribution is -3.00. The van der Waals surface area contributed by atoms with Crippen molar-refractivity contribution in [3.05, 3.63) is 124 Å². The number of ketones is 2. The van der Waals surface area contributed by atoms with E-state index in [1.807, 2.05) is 46.4 Å². The number of hydrogen-bond acceptors (Lipinski definition) is 2. The van der Waals surface area contributed by atoms with E-state index in [0.717, 1.165) is 17.0 Å². The van der Waals surface area contributed by atoms with E-state index in [2.05, 4.69) is 0 Å². The fourth-order valence-electron chi connectivity index (χ4n) is 4.24. The van der Waals surface area contributed by atoms with Gasteiger partial charge < -0.3 is 12.4 Å². The number of carbonyl (C=O) groups excluding carboxylic acids is 2. The molecule has 0 aliphatic heterocycles. The van der Waals surface area contributed by atoms with E-state index in [1.165, 1.54) is 12.1 Å². The summed E-state index contributed by atoms with van der Waals surface area (Å²) in [7, 11) is 0. The quantitative estimate of drug-likeness (QED) is 0.388. The highest BCUT2D eigenvalue weighted by molar-refractivity contribution is 6.26. The number of hydrogen-bond donors (Lipinski definition) is 0. The molecule has 160 valence electrons. The normalized spacial score (nSPS) is 12.2. The molecule has 1 aliphatic carbocycles. The molecule has 1 heterocycles. The molecule has 32 heavy (non-hydrogen) atoms. The standard InChI is InChI=1S/C26H20FN2O2.ClH/c1-17-28(15-18-7-3-2-4-8-18)23-24(29(17)16-19-11-13-20(27)14-12-19)26(31)22-10-6-5-9-21(22)25(23)30;/h2-14H,15-16H2,1H3;1H/q+1;/p-1. The van der Waals surface area contributed by atoms with E-state index >= 15 is 0 Å². The Kier molecular flexibility index (Phi) is 5.76. The predicted molar refractivity (Wildman–Crippen MR) is 114 cm³/mol. The molecule has 0 saturated heterocycles. The van der Waals surface area contributed by atoms with Crippen molar-refractivity contribution in [2.45, 2.75) is 20.0 Å². The first kappa shape index (κ1) is 21.7. The molecule has 0 unspecified atom stereocenters. The van der Waals surface area contributed by atoms with Crippen molar-refractivity contribution in [3.8, 4) is 0 Å². The zero-order valence-corrected chi connectivity index (χ0v) is 18.1. The van der Waals surface area contributed by atoms with Gasteiger partial charge in [-0.2, -0.15) is 0 Å². The van der Waals surface area contributed by atoms with Crippen LogP contribution in [0.2, 0.25) is 0 Å². The van der Waals surface area contributed by atoms with Gasteiger partial charge in [0, 0.05) is 18.1 Å². The average molecular weight is 447 g/mol. The summed E-state index contributed by atoms with van der Waals surface area (Å²) in [5.74, 6) is 0.173. The van der Waals surface area contributed by atoms with Crippen LogP contribution in [0.15, 0.2) is 78.9 Å². The lowest BCUT2D eigenvalue weighted by Gasteiger charge is -2.13. The maximum Gasteiger partial charge on any atom is 0.255 e. The Bertz CT molecular complexity index is 1330. The van der Waals surface area contributed by atoms with Gasteiger partial charge in [-0.05, 0) is 23.3 Å². The van der Waals surface area contributed by atoms with Crippen LogP contribution < -0.4 is 17.0 Å². The second kappa shape index (κ2) is 8.52. The average Bonchev–Trinajstić information content (AvgIpc) is 3.06. The molecule has 0 fully saturated rings. The van der Waals surface area contributed by atoms with Crippen molar-refractivity contribution < 1.29 is 31.0 Å². The van der Waals surface area contributed by atoms with E-state index in [9.17, 15) is 14.0 Å². The first-order valence-corrected chi connectivity index (χ1v) is 10.1. The summed E-state index contributed by atoms with van der Waals surface area (Å²) in [6.07, 6.45) is 0. The summed E-state index contributed by atoms with van der Waals surface area (Å²) in [6, 6.07) is 23.0. The molecule has 0 saturated carbocycles. The topological polar surface area (TPSA) is 43.0 Å². The van der Waals surface area contributed by atoms with E-state index in [-0.39, 0.29) is 29.8 Å². The molecule has 0 atom stereocenters. The predicted octanol–water partition coefficient (Wildman–Crippen LogP) is 1.10. The van der Waals surface area contributed by atoms with E-state index in [1.54, 1.807) is 36.4 Å². The molecule has 1 aromatic heterocycles. The van der Waals surface area contributed by atoms with Crippen LogP contribution in [0.5, 0.6) is 0 Å². The largest absolute Gasteiger partial charge is 1.00 e. The van der Waals surface area contributed by atoms with Crippen molar-refractivity contribution in [2.24, 2.45) is 0 Å². The van der Waals surface area contributed by atoms with E-state index in [4.69, 9.17) is 0 Å². The minimum absolute atomic E-state index is 0. The highest BCUT2D eigenvalue weighted by Crippen LogP contribution is 2.28. The van der Waals surface area contributed by atoms with Crippen LogP contribution in [0.3, 0.4) is 0 Å². The second-order valence-electron chi connectivity index (χ2n) is 7.73. The lowest BCUT2D eigenvalue weighted by atomic mass is 9.89. The van der Waals surface area contributed by atoms with E-state index < -0.39 is 0 Å². The Morgan fingerprint density at radius 3 is 2.03 bits per heavy atom. The van der Waals surface area contributed by atoms with Crippen molar-refractivity contribution in [3.63, 3.8) is 0 Å². The molecule has 3 aromatic carbocycles. The Balaban J connectivity index is 0.00000245. The molecule has 0 amide bonds. The Labute approximate surface area is 191 Å². The summed E-state index contributed by atoms with van der Waals surface area (Å²) >= 11 is 0. The van der Waals surface area contributed by atoms with Crippen LogP contribution in [-0.4, -0.2) is 16.1 Å². The van der Waals surface area contributed by atoms with Gasteiger partial charge in [-0.3, -0.25) is 9.59 Å². The van der Waals surface area contributed by atoms with Crippen LogP contribution in [0.25, 0.3) is 0 Å². The van der Waals surface area contributed by atoms with Crippen LogP contribution in [0, 0.1) is 12.7 Å². The molecule has 1 aliphatic rings. The van der Waals surface area contributed by atoms with Crippen molar-refractivity contribution in [1.29, 1.82) is 0 Å². The SMILES string of the molecule is Cc1n(Cc2ccc(F)cc2)c2c([n+]1Cc1ccccc1)C(=O)c1ccccc1C2=O.[Cl-]. The summed E-state index contributed by atoms with van der Waals surface area (Å²) in [5.41, 5.74) is 3.55. The number of nitrogens with zero attached hydrogens (tertiary/aromatic N) is 2. The molecule has 0 spiro atoms. The zero-order chi connectivity index (χ0) is 21.5. The number of benzene rings is 3. The molecule has 5 rings (SSSR count). The maximum atomic E-state index is 13.5. The van der Waals surface area contributed by atoms with Gasteiger partial charge in [0.2, 0.25) is 23.0 Å². The third-order valence-corrected chi connectivity index (χ3v) is 5.83. The number of halogens is 2. The van der Waals surface area contributed by atoms with Crippen LogP contribution in [-0.2, 0) is 13.1 Å². The maximum absolute atomic E-state index is 13.5. The minimum Gasteiger partial charge on any atom is -1.00 e. The van der Waals surface area contributed by atoms with Gasteiger partial charge in [0.25, 0.3) is 5.82 Å². The summed E-state index contributed by atoms with van der Waals surface area (Å²) in [5, 5.41) is 0. The fraction of sp³-hybridized carbons (Fsp3) is 0.115. The van der Waals surface area contributed by atoms with Gasteiger partial charge in [0.1, 0.15) is 18.9 Å². The first-order chi connectivity index (χ1) is 15.0. The number of carbonyl (C=O) groups is 2. The number of imidazole rings is 1. The fourth-order valence-corrected chi connectivity index (χ4v) is 4.24. The molecule has 4 nitrogen and oxygen atoms in total.